The van der Waals surface area contributed by atoms with Crippen LogP contribution < -0.4 is 0 Å². The van der Waals surface area contributed by atoms with E-state index in [1.165, 1.54) is 5.56 Å². The van der Waals surface area contributed by atoms with E-state index in [1.807, 2.05) is 40.7 Å². The number of carbonyl (C=O) groups is 1. The lowest BCUT2D eigenvalue weighted by atomic mass is 9.87. The number of rotatable bonds is 11. The predicted octanol–water partition coefficient (Wildman–Crippen LogP) is 8.18. The van der Waals surface area contributed by atoms with E-state index in [4.69, 9.17) is 16.3 Å². The number of fused-ring (bicyclic) bond motifs is 1. The van der Waals surface area contributed by atoms with E-state index in [1.54, 1.807) is 0 Å². The summed E-state index contributed by atoms with van der Waals surface area (Å²) in [5, 5.41) is 0.926. The third kappa shape index (κ3) is 8.32. The molecule has 1 aromatic heterocycles. The number of carbonyl (C=O) groups excluding carboxylic acids is 1. The Labute approximate surface area is 231 Å². The lowest BCUT2D eigenvalue weighted by Gasteiger charge is -2.25. The SMILES string of the molecule is C/C=C(\C=C/C(C)Cl)Cn1c(CC(C)(C)C(=O)OCC)c(S(=O)CC(C)(C)C)c2cc(C(C)C)ccc21. The van der Waals surface area contributed by atoms with Crippen LogP contribution in [-0.2, 0) is 33.3 Å². The number of halogens is 1. The summed E-state index contributed by atoms with van der Waals surface area (Å²) in [4.78, 5) is 13.8. The summed E-state index contributed by atoms with van der Waals surface area (Å²) in [5.41, 5.74) is 3.38. The molecule has 37 heavy (non-hydrogen) atoms. The Morgan fingerprint density at radius 1 is 1.16 bits per heavy atom. The second kappa shape index (κ2) is 12.8. The highest BCUT2D eigenvalue weighted by Gasteiger charge is 2.34. The summed E-state index contributed by atoms with van der Waals surface area (Å²) in [5.74, 6) is 0.630. The second-order valence-corrected chi connectivity index (χ2v) is 14.1. The first-order valence-corrected chi connectivity index (χ1v) is 15.0. The molecule has 0 radical (unpaired) electrons. The van der Waals surface area contributed by atoms with Crippen LogP contribution in [0.2, 0.25) is 0 Å². The molecule has 0 saturated carbocycles. The molecule has 0 aliphatic rings. The molecule has 2 atom stereocenters. The number of allylic oxidation sites excluding steroid dienone is 4. The van der Waals surface area contributed by atoms with Gasteiger partial charge in [0.2, 0.25) is 0 Å². The lowest BCUT2D eigenvalue weighted by Crippen LogP contribution is -2.30. The van der Waals surface area contributed by atoms with Gasteiger partial charge in [-0.25, -0.2) is 0 Å². The smallest absolute Gasteiger partial charge is 0.311 e. The quantitative estimate of drug-likeness (QED) is 0.162. The van der Waals surface area contributed by atoms with Crippen molar-refractivity contribution >= 4 is 39.3 Å². The van der Waals surface area contributed by atoms with Gasteiger partial charge in [-0.2, -0.15) is 0 Å². The number of hydrogen-bond acceptors (Lipinski definition) is 3. The summed E-state index contributed by atoms with van der Waals surface area (Å²) < 4.78 is 21.8. The Balaban J connectivity index is 2.89. The fourth-order valence-electron chi connectivity index (χ4n) is 4.33. The van der Waals surface area contributed by atoms with Crippen LogP contribution >= 0.6 is 11.6 Å². The molecule has 2 unspecified atom stereocenters. The molecular weight excluding hydrogens is 502 g/mol. The average Bonchev–Trinajstić information content (AvgIpc) is 3.06. The highest BCUT2D eigenvalue weighted by atomic mass is 35.5. The number of alkyl halides is 1. The second-order valence-electron chi connectivity index (χ2n) is 12.0. The molecule has 0 fully saturated rings. The number of nitrogens with zero attached hydrogens (tertiary/aromatic N) is 1. The molecule has 206 valence electrons. The highest BCUT2D eigenvalue weighted by Crippen LogP contribution is 2.38. The van der Waals surface area contributed by atoms with Crippen LogP contribution in [-0.4, -0.2) is 32.5 Å². The van der Waals surface area contributed by atoms with Crippen LogP contribution in [0.5, 0.6) is 0 Å². The van der Waals surface area contributed by atoms with Crippen molar-refractivity contribution in [1.29, 1.82) is 0 Å². The van der Waals surface area contributed by atoms with Crippen molar-refractivity contribution in [2.24, 2.45) is 10.8 Å². The van der Waals surface area contributed by atoms with Crippen molar-refractivity contribution in [1.82, 2.24) is 4.57 Å². The number of ether oxygens (including phenoxy) is 1. The fourth-order valence-corrected chi connectivity index (χ4v) is 6.18. The highest BCUT2D eigenvalue weighted by molar-refractivity contribution is 7.85. The molecule has 1 heterocycles. The van der Waals surface area contributed by atoms with Crippen LogP contribution in [0, 0.1) is 10.8 Å². The Hall–Kier alpha value is -1.85. The minimum atomic E-state index is -1.25. The van der Waals surface area contributed by atoms with Crippen LogP contribution in [0.15, 0.2) is 46.9 Å². The number of aromatic nitrogens is 1. The van der Waals surface area contributed by atoms with Crippen LogP contribution in [0.3, 0.4) is 0 Å². The van der Waals surface area contributed by atoms with Gasteiger partial charge in [0.1, 0.15) is 0 Å². The summed E-state index contributed by atoms with van der Waals surface area (Å²) >= 11 is 6.20. The first kappa shape index (κ1) is 31.4. The molecule has 2 rings (SSSR count). The Kier molecular flexibility index (Phi) is 10.9. The maximum absolute atomic E-state index is 14.1. The van der Waals surface area contributed by atoms with Crippen molar-refractivity contribution in [2.45, 2.75) is 98.4 Å². The summed E-state index contributed by atoms with van der Waals surface area (Å²) in [6.45, 7) is 21.2. The molecule has 0 aliphatic carbocycles. The van der Waals surface area contributed by atoms with Gasteiger partial charge in [-0.05, 0) is 69.2 Å². The van der Waals surface area contributed by atoms with Gasteiger partial charge in [0.05, 0.1) is 27.7 Å². The normalized spacial score (nSPS) is 15.1. The molecule has 0 saturated heterocycles. The van der Waals surface area contributed by atoms with Gasteiger partial charge in [-0.15, -0.1) is 11.6 Å². The minimum absolute atomic E-state index is 0.0815. The van der Waals surface area contributed by atoms with E-state index in [-0.39, 0.29) is 16.8 Å². The molecule has 0 spiro atoms. The number of hydrogen-bond donors (Lipinski definition) is 0. The zero-order chi connectivity index (χ0) is 28.1. The molecule has 2 aromatic rings. The molecule has 1 aromatic carbocycles. The van der Waals surface area contributed by atoms with E-state index in [2.05, 4.69) is 69.5 Å². The van der Waals surface area contributed by atoms with Crippen molar-refractivity contribution < 1.29 is 13.7 Å². The summed E-state index contributed by atoms with van der Waals surface area (Å²) in [7, 11) is -1.25. The first-order chi connectivity index (χ1) is 17.1. The van der Waals surface area contributed by atoms with Crippen molar-refractivity contribution in [3.05, 3.63) is 53.3 Å². The largest absolute Gasteiger partial charge is 0.466 e. The van der Waals surface area contributed by atoms with E-state index in [0.717, 1.165) is 27.1 Å². The van der Waals surface area contributed by atoms with Crippen molar-refractivity contribution in [3.63, 3.8) is 0 Å². The van der Waals surface area contributed by atoms with Gasteiger partial charge in [-0.3, -0.25) is 9.00 Å². The minimum Gasteiger partial charge on any atom is -0.466 e. The Bertz CT molecular complexity index is 1180. The van der Waals surface area contributed by atoms with Gasteiger partial charge in [0.15, 0.2) is 0 Å². The van der Waals surface area contributed by atoms with Gasteiger partial charge in [-0.1, -0.05) is 58.9 Å². The molecule has 0 bridgehead atoms. The number of esters is 1. The van der Waals surface area contributed by atoms with Crippen LogP contribution in [0.25, 0.3) is 10.9 Å². The first-order valence-electron chi connectivity index (χ1n) is 13.3. The number of benzene rings is 1. The predicted molar refractivity (Wildman–Crippen MR) is 159 cm³/mol. The summed E-state index contributed by atoms with van der Waals surface area (Å²) in [6.07, 6.45) is 6.53. The van der Waals surface area contributed by atoms with Crippen LogP contribution in [0.1, 0.15) is 86.4 Å². The van der Waals surface area contributed by atoms with Crippen LogP contribution in [0.4, 0.5) is 0 Å². The zero-order valence-electron chi connectivity index (χ0n) is 24.4. The standard InChI is InChI=1S/C31H46ClNO3S/c1-11-23(14-13-22(5)32)19-33-26-16-15-24(21(3)4)17-25(26)28(37(35)20-30(6,7)8)27(33)18-31(9,10)29(34)36-12-2/h11,13-17,21-22H,12,18-20H2,1-10H3/b14-13-,23-11+. The fraction of sp³-hybridized carbons (Fsp3) is 0.581. The topological polar surface area (TPSA) is 48.3 Å². The molecule has 4 nitrogen and oxygen atoms in total. The Morgan fingerprint density at radius 2 is 1.81 bits per heavy atom. The maximum Gasteiger partial charge on any atom is 0.311 e. The van der Waals surface area contributed by atoms with Gasteiger partial charge in [0.25, 0.3) is 0 Å². The Morgan fingerprint density at radius 3 is 2.32 bits per heavy atom. The monoisotopic (exact) mass is 547 g/mol. The lowest BCUT2D eigenvalue weighted by molar-refractivity contribution is -0.153. The van der Waals surface area contributed by atoms with Crippen molar-refractivity contribution in [3.8, 4) is 0 Å². The molecule has 0 amide bonds. The van der Waals surface area contributed by atoms with E-state index < -0.39 is 16.2 Å². The van der Waals surface area contributed by atoms with E-state index in [0.29, 0.717) is 31.2 Å². The summed E-state index contributed by atoms with van der Waals surface area (Å²) in [6, 6.07) is 6.50. The van der Waals surface area contributed by atoms with E-state index >= 15 is 0 Å². The third-order valence-corrected chi connectivity index (χ3v) is 8.51. The maximum atomic E-state index is 14.1. The molecular formula is C31H46ClNO3S. The third-order valence-electron chi connectivity index (χ3n) is 6.33. The van der Waals surface area contributed by atoms with Crippen molar-refractivity contribution in [2.75, 3.05) is 12.4 Å². The molecule has 0 N–H and O–H groups in total. The van der Waals surface area contributed by atoms with E-state index in [9.17, 15) is 9.00 Å². The van der Waals surface area contributed by atoms with Gasteiger partial charge < -0.3 is 9.30 Å². The molecule has 0 aliphatic heterocycles. The average molecular weight is 548 g/mol. The van der Waals surface area contributed by atoms with Gasteiger partial charge >= 0.3 is 5.97 Å². The zero-order valence-corrected chi connectivity index (χ0v) is 26.0. The molecule has 6 heteroatoms. The van der Waals surface area contributed by atoms with Gasteiger partial charge in [0, 0.05) is 40.7 Å².